The summed E-state index contributed by atoms with van der Waals surface area (Å²) in [6, 6.07) is 3.86. The molecule has 3 aromatic heterocycles. The molecule has 6 nitrogen and oxygen atoms in total. The number of aromatic amines is 1. The molecule has 0 saturated heterocycles. The number of thiophene rings is 1. The van der Waals surface area contributed by atoms with Gasteiger partial charge >= 0.3 is 0 Å². The van der Waals surface area contributed by atoms with Gasteiger partial charge in [-0.05, 0) is 36.6 Å². The number of aromatic nitrogens is 3. The molecule has 0 aliphatic heterocycles. The second kappa shape index (κ2) is 8.45. The van der Waals surface area contributed by atoms with E-state index < -0.39 is 0 Å². The first kappa shape index (κ1) is 19.1. The first-order valence-electron chi connectivity index (χ1n) is 9.50. The van der Waals surface area contributed by atoms with Gasteiger partial charge in [0.05, 0.1) is 5.39 Å². The summed E-state index contributed by atoms with van der Waals surface area (Å²) in [5.74, 6) is 2.87. The lowest BCUT2D eigenvalue weighted by atomic mass is 10.2. The summed E-state index contributed by atoms with van der Waals surface area (Å²) in [6.07, 6.45) is 5.44. The highest BCUT2D eigenvalue weighted by atomic mass is 32.2. The zero-order chi connectivity index (χ0) is 19.5. The number of nitrogens with zero attached hydrogens (tertiary/aromatic N) is 2. The Morgan fingerprint density at radius 2 is 2.29 bits per heavy atom. The lowest BCUT2D eigenvalue weighted by Crippen LogP contribution is -2.17. The highest BCUT2D eigenvalue weighted by Gasteiger charge is 2.21. The average Bonchev–Trinajstić information content (AvgIpc) is 3.26. The van der Waals surface area contributed by atoms with Gasteiger partial charge in [-0.2, -0.15) is 11.8 Å². The fourth-order valence-corrected chi connectivity index (χ4v) is 5.41. The van der Waals surface area contributed by atoms with Crippen molar-refractivity contribution in [3.63, 3.8) is 0 Å². The minimum absolute atomic E-state index is 0.0802. The van der Waals surface area contributed by atoms with Crippen LogP contribution in [0.2, 0.25) is 0 Å². The maximum Gasteiger partial charge on any atom is 0.259 e. The molecule has 1 aliphatic carbocycles. The van der Waals surface area contributed by atoms with Crippen LogP contribution in [-0.4, -0.2) is 26.6 Å². The van der Waals surface area contributed by atoms with Crippen LogP contribution in [0.3, 0.4) is 0 Å². The molecule has 0 fully saturated rings. The second-order valence-corrected chi connectivity index (χ2v) is 9.10. The molecule has 3 aromatic rings. The number of pyridine rings is 1. The number of thioether (sulfide) groups is 1. The Labute approximate surface area is 171 Å². The Morgan fingerprint density at radius 1 is 1.39 bits per heavy atom. The molecule has 8 heteroatoms. The number of nitrogens with one attached hydrogen (secondary N) is 2. The van der Waals surface area contributed by atoms with Gasteiger partial charge in [-0.1, -0.05) is 13.0 Å². The Morgan fingerprint density at radius 3 is 3.14 bits per heavy atom. The maximum absolute atomic E-state index is 12.5. The summed E-state index contributed by atoms with van der Waals surface area (Å²) in [7, 11) is 0. The SMILES string of the molecule is CCSCc1cccnc1NC(=O)CCc1nc2sc3c(c2c(=O)[nH]1)CCC3. The summed E-state index contributed by atoms with van der Waals surface area (Å²) in [5, 5.41) is 3.64. The van der Waals surface area contributed by atoms with E-state index in [1.54, 1.807) is 29.3 Å². The third-order valence-electron chi connectivity index (χ3n) is 4.82. The molecule has 0 unspecified atom stereocenters. The zero-order valence-corrected chi connectivity index (χ0v) is 17.3. The predicted molar refractivity (Wildman–Crippen MR) is 115 cm³/mol. The Bertz CT molecular complexity index is 1070. The molecular formula is C20H22N4O2S2. The first-order chi connectivity index (χ1) is 13.7. The van der Waals surface area contributed by atoms with E-state index in [1.165, 1.54) is 10.4 Å². The minimum atomic E-state index is -0.127. The number of aryl methyl sites for hydroxylation is 3. The standard InChI is InChI=1S/C20H22N4O2S2/c1-2-27-11-12-5-4-10-21-18(12)24-16(25)9-8-15-22-19(26)17-13-6-3-7-14(13)28-20(17)23-15/h4-5,10H,2-3,6-9,11H2,1H3,(H,21,24,25)(H,22,23,26). The van der Waals surface area contributed by atoms with Gasteiger partial charge in [-0.3, -0.25) is 9.59 Å². The van der Waals surface area contributed by atoms with Crippen LogP contribution in [-0.2, 0) is 29.8 Å². The van der Waals surface area contributed by atoms with Crippen molar-refractivity contribution in [3.05, 3.63) is 50.5 Å². The van der Waals surface area contributed by atoms with Crippen molar-refractivity contribution in [2.75, 3.05) is 11.1 Å². The van der Waals surface area contributed by atoms with Crippen molar-refractivity contribution in [2.24, 2.45) is 0 Å². The van der Waals surface area contributed by atoms with Gasteiger partial charge in [-0.25, -0.2) is 9.97 Å². The normalized spacial score (nSPS) is 13.0. The molecule has 28 heavy (non-hydrogen) atoms. The van der Waals surface area contributed by atoms with Gasteiger partial charge in [0.2, 0.25) is 5.91 Å². The smallest absolute Gasteiger partial charge is 0.259 e. The summed E-state index contributed by atoms with van der Waals surface area (Å²) in [5.41, 5.74) is 2.11. The second-order valence-electron chi connectivity index (χ2n) is 6.75. The highest BCUT2D eigenvalue weighted by Crippen LogP contribution is 2.34. The van der Waals surface area contributed by atoms with Gasteiger partial charge in [-0.15, -0.1) is 11.3 Å². The van der Waals surface area contributed by atoms with Crippen LogP contribution in [0.25, 0.3) is 10.2 Å². The Hall–Kier alpha value is -2.19. The lowest BCUT2D eigenvalue weighted by Gasteiger charge is -2.09. The number of amides is 1. The third-order valence-corrected chi connectivity index (χ3v) is 6.93. The van der Waals surface area contributed by atoms with Crippen molar-refractivity contribution < 1.29 is 4.79 Å². The number of fused-ring (bicyclic) bond motifs is 3. The molecule has 146 valence electrons. The summed E-state index contributed by atoms with van der Waals surface area (Å²) in [6.45, 7) is 2.10. The van der Waals surface area contributed by atoms with Crippen molar-refractivity contribution in [3.8, 4) is 0 Å². The number of rotatable bonds is 7. The Kier molecular flexibility index (Phi) is 5.77. The van der Waals surface area contributed by atoms with E-state index in [-0.39, 0.29) is 17.9 Å². The summed E-state index contributed by atoms with van der Waals surface area (Å²) in [4.78, 5) is 38.7. The molecular weight excluding hydrogens is 392 g/mol. The van der Waals surface area contributed by atoms with Gasteiger partial charge < -0.3 is 10.3 Å². The van der Waals surface area contributed by atoms with Gasteiger partial charge in [0.1, 0.15) is 16.5 Å². The number of H-pyrrole nitrogens is 1. The maximum atomic E-state index is 12.5. The molecule has 0 radical (unpaired) electrons. The summed E-state index contributed by atoms with van der Waals surface area (Å²) >= 11 is 3.40. The fraction of sp³-hybridized carbons (Fsp3) is 0.400. The monoisotopic (exact) mass is 414 g/mol. The first-order valence-corrected chi connectivity index (χ1v) is 11.5. The largest absolute Gasteiger partial charge is 0.310 e. The summed E-state index contributed by atoms with van der Waals surface area (Å²) < 4.78 is 0. The molecule has 0 spiro atoms. The van der Waals surface area contributed by atoms with Crippen molar-refractivity contribution in [1.82, 2.24) is 15.0 Å². The molecule has 0 atom stereocenters. The molecule has 0 saturated carbocycles. The van der Waals surface area contributed by atoms with Crippen LogP contribution in [0, 0.1) is 0 Å². The van der Waals surface area contributed by atoms with Gasteiger partial charge in [0.15, 0.2) is 0 Å². The van der Waals surface area contributed by atoms with E-state index in [4.69, 9.17) is 0 Å². The van der Waals surface area contributed by atoms with E-state index in [0.717, 1.165) is 46.5 Å². The van der Waals surface area contributed by atoms with E-state index in [2.05, 4.69) is 27.2 Å². The van der Waals surface area contributed by atoms with Crippen molar-refractivity contribution in [2.45, 2.75) is 44.8 Å². The van der Waals surface area contributed by atoms with E-state index >= 15 is 0 Å². The predicted octanol–water partition coefficient (Wildman–Crippen LogP) is 3.69. The molecule has 0 bridgehead atoms. The number of anilines is 1. The zero-order valence-electron chi connectivity index (χ0n) is 15.7. The molecule has 4 rings (SSSR count). The average molecular weight is 415 g/mol. The Balaban J connectivity index is 1.44. The van der Waals surface area contributed by atoms with Crippen LogP contribution < -0.4 is 10.9 Å². The number of hydrogen-bond acceptors (Lipinski definition) is 6. The van der Waals surface area contributed by atoms with Crippen LogP contribution in [0.4, 0.5) is 5.82 Å². The number of carbonyl (C=O) groups is 1. The van der Waals surface area contributed by atoms with Crippen molar-refractivity contribution >= 4 is 45.0 Å². The molecule has 1 amide bonds. The van der Waals surface area contributed by atoms with Gasteiger partial charge in [0.25, 0.3) is 5.56 Å². The van der Waals surface area contributed by atoms with Crippen LogP contribution in [0.5, 0.6) is 0 Å². The molecule has 1 aliphatic rings. The number of carbonyl (C=O) groups excluding carboxylic acids is 1. The fourth-order valence-electron chi connectivity index (χ4n) is 3.47. The van der Waals surface area contributed by atoms with Gasteiger partial charge in [0, 0.05) is 35.2 Å². The molecule has 2 N–H and O–H groups in total. The third kappa shape index (κ3) is 3.98. The molecule has 0 aromatic carbocycles. The topological polar surface area (TPSA) is 87.7 Å². The van der Waals surface area contributed by atoms with Crippen LogP contribution in [0.15, 0.2) is 23.1 Å². The number of hydrogen-bond donors (Lipinski definition) is 2. The highest BCUT2D eigenvalue weighted by molar-refractivity contribution is 7.98. The van der Waals surface area contributed by atoms with E-state index in [0.29, 0.717) is 18.1 Å². The molecule has 3 heterocycles. The van der Waals surface area contributed by atoms with Crippen molar-refractivity contribution in [1.29, 1.82) is 0 Å². The quantitative estimate of drug-likeness (QED) is 0.616. The van der Waals surface area contributed by atoms with Crippen LogP contribution in [0.1, 0.15) is 41.6 Å². The lowest BCUT2D eigenvalue weighted by molar-refractivity contribution is -0.116. The van der Waals surface area contributed by atoms with Crippen LogP contribution >= 0.6 is 23.1 Å². The van der Waals surface area contributed by atoms with E-state index in [1.807, 2.05) is 12.1 Å². The van der Waals surface area contributed by atoms with E-state index in [9.17, 15) is 9.59 Å². The minimum Gasteiger partial charge on any atom is -0.310 e.